The van der Waals surface area contributed by atoms with Crippen LogP contribution in [0.25, 0.3) is 0 Å². The maximum Gasteiger partial charge on any atom is 0.271 e. The highest BCUT2D eigenvalue weighted by molar-refractivity contribution is 9.10. The highest BCUT2D eigenvalue weighted by Gasteiger charge is 2.32. The third-order valence-electron chi connectivity index (χ3n) is 5.73. The summed E-state index contributed by atoms with van der Waals surface area (Å²) in [5, 5.41) is 14.2. The minimum atomic E-state index is -4.09. The van der Waals surface area contributed by atoms with Gasteiger partial charge in [-0.3, -0.25) is 24.0 Å². The predicted octanol–water partition coefficient (Wildman–Crippen LogP) is 3.46. The van der Waals surface area contributed by atoms with Crippen molar-refractivity contribution in [3.8, 4) is 5.75 Å². The van der Waals surface area contributed by atoms with Crippen molar-refractivity contribution in [2.75, 3.05) is 24.2 Å². The average molecular weight is 600 g/mol. The monoisotopic (exact) mass is 598 g/mol. The molecule has 0 radical (unpaired) electrons. The van der Waals surface area contributed by atoms with E-state index in [9.17, 15) is 28.1 Å². The number of hydrogen-bond donors (Lipinski definition) is 1. The van der Waals surface area contributed by atoms with Crippen LogP contribution < -0.4 is 14.4 Å². The molecule has 0 aliphatic carbocycles. The lowest BCUT2D eigenvalue weighted by Gasteiger charge is -2.32. The highest BCUT2D eigenvalue weighted by Crippen LogP contribution is 2.34. The normalized spacial score (nSPS) is 12.8. The second-order valence-electron chi connectivity index (χ2n) is 8.53. The first-order chi connectivity index (χ1) is 17.3. The van der Waals surface area contributed by atoms with Crippen LogP contribution in [0.1, 0.15) is 32.8 Å². The third-order valence-corrected chi connectivity index (χ3v) is 7.35. The van der Waals surface area contributed by atoms with E-state index in [0.29, 0.717) is 12.0 Å². The molecule has 37 heavy (non-hydrogen) atoms. The number of non-ortho nitro benzene ring substituents is 1. The van der Waals surface area contributed by atoms with Gasteiger partial charge in [0, 0.05) is 29.2 Å². The number of rotatable bonds is 12. The molecule has 2 aromatic carbocycles. The maximum atomic E-state index is 13.6. The van der Waals surface area contributed by atoms with Gasteiger partial charge in [-0.25, -0.2) is 8.42 Å². The quantitative estimate of drug-likeness (QED) is 0.291. The second-order valence-corrected chi connectivity index (χ2v) is 11.4. The van der Waals surface area contributed by atoms with E-state index in [4.69, 9.17) is 4.74 Å². The number of nitrogens with zero attached hydrogens (tertiary/aromatic N) is 3. The van der Waals surface area contributed by atoms with Crippen LogP contribution in [-0.4, -0.2) is 62.0 Å². The summed E-state index contributed by atoms with van der Waals surface area (Å²) in [7, 11) is -2.81. The molecule has 0 aromatic heterocycles. The van der Waals surface area contributed by atoms with Gasteiger partial charge in [0.1, 0.15) is 24.0 Å². The van der Waals surface area contributed by atoms with Crippen molar-refractivity contribution in [2.24, 2.45) is 0 Å². The van der Waals surface area contributed by atoms with E-state index in [-0.39, 0.29) is 29.7 Å². The zero-order valence-corrected chi connectivity index (χ0v) is 23.7. The molecule has 0 unspecified atom stereocenters. The van der Waals surface area contributed by atoms with Gasteiger partial charge in [-0.2, -0.15) is 0 Å². The number of carbonyl (C=O) groups is 2. The van der Waals surface area contributed by atoms with Crippen molar-refractivity contribution in [3.05, 3.63) is 62.6 Å². The predicted molar refractivity (Wildman–Crippen MR) is 144 cm³/mol. The molecule has 0 spiro atoms. The van der Waals surface area contributed by atoms with Crippen molar-refractivity contribution < 1.29 is 27.7 Å². The van der Waals surface area contributed by atoms with E-state index in [2.05, 4.69) is 21.2 Å². The molecular formula is C24H31BrN4O7S. The standard InChI is InChI=1S/C24H31BrN4O7S/c1-6-16(2)26-24(31)17(3)27(14-18-8-7-9-19(25)12-18)23(30)15-28(37(5,34)35)21-13-20(29(32)33)10-11-22(21)36-4/h7-13,16-17H,6,14-15H2,1-5H3,(H,26,31)/t16-,17+/m0/s1. The van der Waals surface area contributed by atoms with Crippen molar-refractivity contribution in [1.82, 2.24) is 10.2 Å². The Balaban J connectivity index is 2.51. The average Bonchev–Trinajstić information content (AvgIpc) is 2.83. The number of nitrogens with one attached hydrogen (secondary N) is 1. The molecule has 0 saturated heterocycles. The molecule has 2 aromatic rings. The van der Waals surface area contributed by atoms with Gasteiger partial charge in [-0.1, -0.05) is 35.0 Å². The molecular weight excluding hydrogens is 568 g/mol. The molecule has 202 valence electrons. The lowest BCUT2D eigenvalue weighted by atomic mass is 10.1. The largest absolute Gasteiger partial charge is 0.495 e. The SMILES string of the molecule is CC[C@H](C)NC(=O)[C@@H](C)N(Cc1cccc(Br)c1)C(=O)CN(c1cc([N+](=O)[O-])ccc1OC)S(C)(=O)=O. The van der Waals surface area contributed by atoms with Gasteiger partial charge in [0.25, 0.3) is 5.69 Å². The summed E-state index contributed by atoms with van der Waals surface area (Å²) in [5.74, 6) is -1.03. The summed E-state index contributed by atoms with van der Waals surface area (Å²) in [6.07, 6.45) is 1.57. The fraction of sp³-hybridized carbons (Fsp3) is 0.417. The van der Waals surface area contributed by atoms with E-state index in [1.54, 1.807) is 25.1 Å². The highest BCUT2D eigenvalue weighted by atomic mass is 79.9. The van der Waals surface area contributed by atoms with E-state index in [0.717, 1.165) is 21.1 Å². The van der Waals surface area contributed by atoms with Gasteiger partial charge in [-0.15, -0.1) is 0 Å². The van der Waals surface area contributed by atoms with E-state index >= 15 is 0 Å². The van der Waals surface area contributed by atoms with E-state index in [1.807, 2.05) is 19.9 Å². The summed E-state index contributed by atoms with van der Waals surface area (Å²) in [6.45, 7) is 4.64. The molecule has 2 rings (SSSR count). The van der Waals surface area contributed by atoms with Crippen LogP contribution in [0.3, 0.4) is 0 Å². The number of hydrogen-bond acceptors (Lipinski definition) is 7. The summed E-state index contributed by atoms with van der Waals surface area (Å²) < 4.78 is 32.3. The van der Waals surface area contributed by atoms with Crippen LogP contribution in [-0.2, 0) is 26.2 Å². The number of nitro benzene ring substituents is 1. The number of methoxy groups -OCH3 is 1. The first-order valence-electron chi connectivity index (χ1n) is 11.4. The van der Waals surface area contributed by atoms with Crippen molar-refractivity contribution in [3.63, 3.8) is 0 Å². The summed E-state index contributed by atoms with van der Waals surface area (Å²) in [6, 6.07) is 9.57. The van der Waals surface area contributed by atoms with Crippen molar-refractivity contribution in [1.29, 1.82) is 0 Å². The number of anilines is 1. The van der Waals surface area contributed by atoms with Crippen LogP contribution in [0, 0.1) is 10.1 Å². The fourth-order valence-electron chi connectivity index (χ4n) is 3.46. The molecule has 2 amide bonds. The second kappa shape index (κ2) is 12.9. The summed E-state index contributed by atoms with van der Waals surface area (Å²) in [4.78, 5) is 38.5. The zero-order chi connectivity index (χ0) is 27.9. The van der Waals surface area contributed by atoms with Gasteiger partial charge < -0.3 is 15.0 Å². The van der Waals surface area contributed by atoms with Gasteiger partial charge in [0.15, 0.2) is 0 Å². The number of ether oxygens (including phenoxy) is 1. The van der Waals surface area contributed by atoms with Crippen molar-refractivity contribution in [2.45, 2.75) is 45.8 Å². The maximum absolute atomic E-state index is 13.6. The Hall–Kier alpha value is -3.19. The van der Waals surface area contributed by atoms with Gasteiger partial charge >= 0.3 is 0 Å². The van der Waals surface area contributed by atoms with Gasteiger partial charge in [0.2, 0.25) is 21.8 Å². The zero-order valence-electron chi connectivity index (χ0n) is 21.3. The van der Waals surface area contributed by atoms with Gasteiger partial charge in [-0.05, 0) is 44.0 Å². The Kier molecular flexibility index (Phi) is 10.4. The smallest absolute Gasteiger partial charge is 0.271 e. The number of nitro groups is 1. The first kappa shape index (κ1) is 30.0. The molecule has 0 fully saturated rings. The van der Waals surface area contributed by atoms with Crippen molar-refractivity contribution >= 4 is 49.1 Å². The van der Waals surface area contributed by atoms with E-state index < -0.39 is 39.3 Å². The lowest BCUT2D eigenvalue weighted by molar-refractivity contribution is -0.384. The molecule has 0 bridgehead atoms. The van der Waals surface area contributed by atoms with Crippen LogP contribution in [0.2, 0.25) is 0 Å². The Morgan fingerprint density at radius 1 is 1.19 bits per heavy atom. The molecule has 0 heterocycles. The topological polar surface area (TPSA) is 139 Å². The number of sulfonamides is 1. The molecule has 0 aliphatic heterocycles. The van der Waals surface area contributed by atoms with E-state index in [1.165, 1.54) is 24.1 Å². The minimum Gasteiger partial charge on any atom is -0.495 e. The molecule has 1 N–H and O–H groups in total. The lowest BCUT2D eigenvalue weighted by Crippen LogP contribution is -2.52. The number of carbonyl (C=O) groups excluding carboxylic acids is 2. The van der Waals surface area contributed by atoms with Crippen LogP contribution >= 0.6 is 15.9 Å². The Labute approximate surface area is 225 Å². The Morgan fingerprint density at radius 2 is 1.86 bits per heavy atom. The first-order valence-corrected chi connectivity index (χ1v) is 14.1. The number of amides is 2. The molecule has 0 aliphatic rings. The molecule has 11 nitrogen and oxygen atoms in total. The fourth-order valence-corrected chi connectivity index (χ4v) is 4.75. The summed E-state index contributed by atoms with van der Waals surface area (Å²) in [5.41, 5.74) is 0.181. The Bertz CT molecular complexity index is 1260. The summed E-state index contributed by atoms with van der Waals surface area (Å²) >= 11 is 3.39. The van der Waals surface area contributed by atoms with Crippen LogP contribution in [0.4, 0.5) is 11.4 Å². The third kappa shape index (κ3) is 8.15. The van der Waals surface area contributed by atoms with Gasteiger partial charge in [0.05, 0.1) is 18.3 Å². The number of halogens is 1. The Morgan fingerprint density at radius 3 is 2.41 bits per heavy atom. The molecule has 0 saturated carbocycles. The molecule has 2 atom stereocenters. The number of benzene rings is 2. The van der Waals surface area contributed by atoms with Crippen LogP contribution in [0.15, 0.2) is 46.9 Å². The minimum absolute atomic E-state index is 0.0248. The van der Waals surface area contributed by atoms with Crippen LogP contribution in [0.5, 0.6) is 5.75 Å². The molecule has 13 heteroatoms.